The molecule has 0 unspecified atom stereocenters. The van der Waals surface area contributed by atoms with Crippen LogP contribution in [0.1, 0.15) is 5.56 Å². The molecule has 116 valence electrons. The Balaban J connectivity index is 1.97. The monoisotopic (exact) mass is 383 g/mol. The minimum absolute atomic E-state index is 0.0633. The van der Waals surface area contributed by atoms with Gasteiger partial charge in [-0.2, -0.15) is 0 Å². The standard InChI is InChI=1S/C16H8Cl2FNOS2/c17-11-4-2-1-3-9(11)7-14-15(21)20(16(22)23-14)10-5-6-13(19)12(18)8-10/h1-8H. The lowest BCUT2D eigenvalue weighted by molar-refractivity contribution is -0.113. The lowest BCUT2D eigenvalue weighted by Gasteiger charge is -2.14. The van der Waals surface area contributed by atoms with Gasteiger partial charge in [-0.05, 0) is 35.9 Å². The van der Waals surface area contributed by atoms with Crippen molar-refractivity contribution in [1.82, 2.24) is 0 Å². The van der Waals surface area contributed by atoms with Crippen molar-refractivity contribution in [2.75, 3.05) is 4.90 Å². The molecule has 0 aromatic heterocycles. The van der Waals surface area contributed by atoms with Crippen LogP contribution in [0.3, 0.4) is 0 Å². The number of hydrogen-bond acceptors (Lipinski definition) is 3. The van der Waals surface area contributed by atoms with Crippen LogP contribution in [0.5, 0.6) is 0 Å². The minimum atomic E-state index is -0.549. The first-order valence-electron chi connectivity index (χ1n) is 6.45. The molecule has 0 atom stereocenters. The molecule has 2 nitrogen and oxygen atoms in total. The van der Waals surface area contributed by atoms with Crippen LogP contribution in [0.25, 0.3) is 6.08 Å². The zero-order valence-electron chi connectivity index (χ0n) is 11.4. The predicted molar refractivity (Wildman–Crippen MR) is 98.5 cm³/mol. The zero-order valence-corrected chi connectivity index (χ0v) is 14.6. The molecule has 1 aliphatic rings. The average molecular weight is 384 g/mol. The van der Waals surface area contributed by atoms with Gasteiger partial charge in [0, 0.05) is 5.02 Å². The Morgan fingerprint density at radius 1 is 1.13 bits per heavy atom. The van der Waals surface area contributed by atoms with E-state index in [0.717, 1.165) is 17.3 Å². The van der Waals surface area contributed by atoms with Crippen molar-refractivity contribution in [2.45, 2.75) is 0 Å². The summed E-state index contributed by atoms with van der Waals surface area (Å²) in [6, 6.07) is 11.2. The smallest absolute Gasteiger partial charge is 0.268 e. The Morgan fingerprint density at radius 2 is 1.87 bits per heavy atom. The molecular weight excluding hydrogens is 376 g/mol. The van der Waals surface area contributed by atoms with Crippen molar-refractivity contribution in [3.05, 3.63) is 68.8 Å². The summed E-state index contributed by atoms with van der Waals surface area (Å²) in [6.45, 7) is 0. The van der Waals surface area contributed by atoms with Crippen molar-refractivity contribution in [1.29, 1.82) is 0 Å². The molecule has 0 aliphatic carbocycles. The molecule has 1 amide bonds. The number of nitrogens with zero attached hydrogens (tertiary/aromatic N) is 1. The molecule has 1 fully saturated rings. The van der Waals surface area contributed by atoms with E-state index in [0.29, 0.717) is 19.9 Å². The van der Waals surface area contributed by atoms with E-state index in [9.17, 15) is 9.18 Å². The molecule has 0 saturated carbocycles. The summed E-state index contributed by atoms with van der Waals surface area (Å²) in [6.07, 6.45) is 1.69. The van der Waals surface area contributed by atoms with Crippen LogP contribution in [-0.2, 0) is 4.79 Å². The second kappa shape index (κ2) is 6.61. The highest BCUT2D eigenvalue weighted by molar-refractivity contribution is 8.27. The van der Waals surface area contributed by atoms with Gasteiger partial charge < -0.3 is 0 Å². The third kappa shape index (κ3) is 3.28. The van der Waals surface area contributed by atoms with Gasteiger partial charge in [-0.3, -0.25) is 9.69 Å². The van der Waals surface area contributed by atoms with Crippen LogP contribution in [-0.4, -0.2) is 10.2 Å². The molecule has 23 heavy (non-hydrogen) atoms. The number of benzene rings is 2. The number of thiocarbonyl (C=S) groups is 1. The zero-order chi connectivity index (χ0) is 16.6. The van der Waals surface area contributed by atoms with E-state index in [1.807, 2.05) is 18.2 Å². The van der Waals surface area contributed by atoms with Gasteiger partial charge >= 0.3 is 0 Å². The number of anilines is 1. The normalized spacial score (nSPS) is 16.5. The molecule has 2 aromatic rings. The van der Waals surface area contributed by atoms with E-state index >= 15 is 0 Å². The van der Waals surface area contributed by atoms with Gasteiger partial charge in [0.05, 0.1) is 15.6 Å². The first-order chi connectivity index (χ1) is 11.0. The Kier molecular flexibility index (Phi) is 4.73. The first-order valence-corrected chi connectivity index (χ1v) is 8.43. The number of carbonyl (C=O) groups excluding carboxylic acids is 1. The molecule has 2 aromatic carbocycles. The van der Waals surface area contributed by atoms with Crippen LogP contribution in [0.2, 0.25) is 10.0 Å². The summed E-state index contributed by atoms with van der Waals surface area (Å²) in [5.74, 6) is -0.838. The van der Waals surface area contributed by atoms with Gasteiger partial charge in [0.25, 0.3) is 5.91 Å². The summed E-state index contributed by atoms with van der Waals surface area (Å²) in [5.41, 5.74) is 1.16. The van der Waals surface area contributed by atoms with Crippen LogP contribution in [0.4, 0.5) is 10.1 Å². The maximum Gasteiger partial charge on any atom is 0.270 e. The predicted octanol–water partition coefficient (Wildman–Crippen LogP) is 5.54. The quantitative estimate of drug-likeness (QED) is 0.501. The molecule has 0 radical (unpaired) electrons. The number of hydrogen-bond donors (Lipinski definition) is 0. The highest BCUT2D eigenvalue weighted by Crippen LogP contribution is 2.37. The van der Waals surface area contributed by atoms with Crippen molar-refractivity contribution in [2.24, 2.45) is 0 Å². The Labute approximate surface area is 151 Å². The number of halogens is 3. The second-order valence-electron chi connectivity index (χ2n) is 4.64. The van der Waals surface area contributed by atoms with Gasteiger partial charge in [0.15, 0.2) is 4.32 Å². The number of carbonyl (C=O) groups is 1. The summed E-state index contributed by atoms with van der Waals surface area (Å²) in [4.78, 5) is 14.4. The van der Waals surface area contributed by atoms with Gasteiger partial charge in [0.1, 0.15) is 5.82 Å². The molecule has 1 heterocycles. The van der Waals surface area contributed by atoms with E-state index in [1.54, 1.807) is 12.1 Å². The van der Waals surface area contributed by atoms with Crippen molar-refractivity contribution >= 4 is 69.2 Å². The van der Waals surface area contributed by atoms with Crippen molar-refractivity contribution < 1.29 is 9.18 Å². The summed E-state index contributed by atoms with van der Waals surface area (Å²) >= 11 is 18.3. The second-order valence-corrected chi connectivity index (χ2v) is 7.13. The van der Waals surface area contributed by atoms with Gasteiger partial charge in [-0.1, -0.05) is 65.4 Å². The summed E-state index contributed by atoms with van der Waals surface area (Å²) in [5, 5.41) is 0.481. The number of thioether (sulfide) groups is 1. The average Bonchev–Trinajstić information content (AvgIpc) is 2.79. The molecule has 7 heteroatoms. The Hall–Kier alpha value is -1.40. The third-order valence-corrected chi connectivity index (χ3v) is 5.08. The lowest BCUT2D eigenvalue weighted by atomic mass is 10.2. The van der Waals surface area contributed by atoms with E-state index in [-0.39, 0.29) is 10.9 Å². The molecule has 3 rings (SSSR count). The molecule has 0 N–H and O–H groups in total. The summed E-state index contributed by atoms with van der Waals surface area (Å²) < 4.78 is 13.6. The van der Waals surface area contributed by atoms with Gasteiger partial charge in [-0.15, -0.1) is 0 Å². The third-order valence-electron chi connectivity index (χ3n) is 3.15. The number of rotatable bonds is 2. The van der Waals surface area contributed by atoms with Crippen LogP contribution in [0.15, 0.2) is 47.4 Å². The molecule has 1 aliphatic heterocycles. The van der Waals surface area contributed by atoms with Crippen molar-refractivity contribution in [3.63, 3.8) is 0 Å². The molecular formula is C16H8Cl2FNOS2. The van der Waals surface area contributed by atoms with E-state index < -0.39 is 5.82 Å². The Morgan fingerprint density at radius 3 is 2.57 bits per heavy atom. The van der Waals surface area contributed by atoms with Gasteiger partial charge in [0.2, 0.25) is 0 Å². The minimum Gasteiger partial charge on any atom is -0.268 e. The highest BCUT2D eigenvalue weighted by Gasteiger charge is 2.33. The highest BCUT2D eigenvalue weighted by atomic mass is 35.5. The van der Waals surface area contributed by atoms with E-state index in [1.165, 1.54) is 23.1 Å². The van der Waals surface area contributed by atoms with Crippen molar-refractivity contribution in [3.8, 4) is 0 Å². The fourth-order valence-electron chi connectivity index (χ4n) is 2.05. The largest absolute Gasteiger partial charge is 0.270 e. The van der Waals surface area contributed by atoms with Crippen LogP contribution >= 0.6 is 47.2 Å². The lowest BCUT2D eigenvalue weighted by Crippen LogP contribution is -2.27. The van der Waals surface area contributed by atoms with Gasteiger partial charge in [-0.25, -0.2) is 4.39 Å². The SMILES string of the molecule is O=C1C(=Cc2ccccc2Cl)SC(=S)N1c1ccc(F)c(Cl)c1. The van der Waals surface area contributed by atoms with Crippen LogP contribution in [0, 0.1) is 5.82 Å². The Bertz CT molecular complexity index is 854. The maximum atomic E-state index is 13.3. The molecule has 0 spiro atoms. The maximum absolute atomic E-state index is 13.3. The van der Waals surface area contributed by atoms with Crippen LogP contribution < -0.4 is 4.90 Å². The molecule has 0 bridgehead atoms. The summed E-state index contributed by atoms with van der Waals surface area (Å²) in [7, 11) is 0. The molecule has 1 saturated heterocycles. The van der Waals surface area contributed by atoms with E-state index in [4.69, 9.17) is 35.4 Å². The number of amides is 1. The fraction of sp³-hybridized carbons (Fsp3) is 0. The fourth-order valence-corrected chi connectivity index (χ4v) is 3.70. The first kappa shape index (κ1) is 16.5. The topological polar surface area (TPSA) is 20.3 Å². The van der Waals surface area contributed by atoms with E-state index in [2.05, 4.69) is 0 Å².